The number of nitro benzene ring substituents is 1. The van der Waals surface area contributed by atoms with Crippen molar-refractivity contribution < 1.29 is 28.8 Å². The predicted octanol–water partition coefficient (Wildman–Crippen LogP) is 5.92. The van der Waals surface area contributed by atoms with Gasteiger partial charge >= 0.3 is 6.03 Å². The fourth-order valence-electron chi connectivity index (χ4n) is 4.55. The number of ether oxygens (including phenoxy) is 2. The summed E-state index contributed by atoms with van der Waals surface area (Å²) in [6, 6.07) is 19.5. The van der Waals surface area contributed by atoms with Crippen molar-refractivity contribution >= 4 is 68.7 Å². The van der Waals surface area contributed by atoms with E-state index < -0.39 is 22.8 Å². The second-order valence-corrected chi connectivity index (χ2v) is 10.3. The van der Waals surface area contributed by atoms with E-state index in [1.54, 1.807) is 12.1 Å². The predicted molar refractivity (Wildman–Crippen MR) is 161 cm³/mol. The van der Waals surface area contributed by atoms with Crippen molar-refractivity contribution in [1.29, 1.82) is 0 Å². The van der Waals surface area contributed by atoms with E-state index in [4.69, 9.17) is 9.47 Å². The molecule has 206 valence electrons. The van der Waals surface area contributed by atoms with Crippen LogP contribution in [-0.4, -0.2) is 29.9 Å². The maximum absolute atomic E-state index is 13.3. The molecule has 1 heterocycles. The molecule has 1 N–H and O–H groups in total. The first-order valence-electron chi connectivity index (χ1n) is 12.3. The van der Waals surface area contributed by atoms with Crippen LogP contribution >= 0.6 is 22.6 Å². The van der Waals surface area contributed by atoms with Crippen LogP contribution in [0.3, 0.4) is 0 Å². The zero-order valence-electron chi connectivity index (χ0n) is 21.8. The van der Waals surface area contributed by atoms with Crippen molar-refractivity contribution in [3.05, 3.63) is 109 Å². The Kier molecular flexibility index (Phi) is 7.70. The molecule has 5 rings (SSSR count). The molecule has 4 aromatic carbocycles. The van der Waals surface area contributed by atoms with Crippen LogP contribution in [0, 0.1) is 20.6 Å². The van der Waals surface area contributed by atoms with Gasteiger partial charge in [0, 0.05) is 17.7 Å². The van der Waals surface area contributed by atoms with Gasteiger partial charge in [-0.15, -0.1) is 0 Å². The molecular weight excluding hydrogens is 641 g/mol. The number of benzene rings is 4. The second kappa shape index (κ2) is 11.4. The minimum atomic E-state index is -1.00. The maximum atomic E-state index is 13.3. The van der Waals surface area contributed by atoms with E-state index in [-0.39, 0.29) is 16.9 Å². The van der Waals surface area contributed by atoms with Crippen molar-refractivity contribution in [2.45, 2.75) is 13.5 Å². The molecule has 0 atom stereocenters. The highest BCUT2D eigenvalue weighted by Gasteiger charge is 2.37. The Morgan fingerprint density at radius 3 is 2.56 bits per heavy atom. The van der Waals surface area contributed by atoms with Gasteiger partial charge in [-0.05, 0) is 75.7 Å². The number of nitrogens with zero attached hydrogens (tertiary/aromatic N) is 2. The fourth-order valence-corrected chi connectivity index (χ4v) is 5.33. The number of barbiturate groups is 1. The summed E-state index contributed by atoms with van der Waals surface area (Å²) in [6.07, 6.45) is 1.33. The number of aryl methyl sites for hydroxylation is 1. The molecule has 0 radical (unpaired) electrons. The lowest BCUT2D eigenvalue weighted by atomic mass is 10.0. The van der Waals surface area contributed by atoms with Gasteiger partial charge in [0.1, 0.15) is 12.2 Å². The average molecular weight is 663 g/mol. The number of imide groups is 2. The quantitative estimate of drug-likeness (QED) is 0.0856. The molecule has 1 aliphatic rings. The summed E-state index contributed by atoms with van der Waals surface area (Å²) in [7, 11) is 1.49. The summed E-state index contributed by atoms with van der Waals surface area (Å²) in [6.45, 7) is 2.32. The summed E-state index contributed by atoms with van der Waals surface area (Å²) in [4.78, 5) is 49.7. The first kappa shape index (κ1) is 27.8. The minimum Gasteiger partial charge on any atom is -0.493 e. The SMILES string of the molecule is COc1cc(/C=C2\C(=O)NC(=O)N(c3cccc([N+](=O)[O-])c3)C2=O)cc(I)c1OCc1c(C)ccc2ccccc12. The van der Waals surface area contributed by atoms with Crippen molar-refractivity contribution in [1.82, 2.24) is 5.32 Å². The molecule has 0 aliphatic carbocycles. The molecule has 0 bridgehead atoms. The van der Waals surface area contributed by atoms with Crippen LogP contribution in [0.4, 0.5) is 16.2 Å². The summed E-state index contributed by atoms with van der Waals surface area (Å²) < 4.78 is 12.5. The summed E-state index contributed by atoms with van der Waals surface area (Å²) in [5.74, 6) is -0.922. The van der Waals surface area contributed by atoms with Crippen LogP contribution in [0.1, 0.15) is 16.7 Å². The third kappa shape index (κ3) is 5.48. The topological polar surface area (TPSA) is 128 Å². The Balaban J connectivity index is 1.46. The fraction of sp³-hybridized carbons (Fsp3) is 0.100. The number of non-ortho nitro benzene ring substituents is 1. The molecule has 41 heavy (non-hydrogen) atoms. The number of nitro groups is 1. The highest BCUT2D eigenvalue weighted by molar-refractivity contribution is 14.1. The van der Waals surface area contributed by atoms with Crippen molar-refractivity contribution in [3.8, 4) is 11.5 Å². The van der Waals surface area contributed by atoms with E-state index in [2.05, 4.69) is 34.0 Å². The molecule has 1 fully saturated rings. The number of amides is 4. The Morgan fingerprint density at radius 2 is 1.80 bits per heavy atom. The first-order chi connectivity index (χ1) is 19.7. The van der Waals surface area contributed by atoms with Gasteiger partial charge in [-0.25, -0.2) is 9.69 Å². The lowest BCUT2D eigenvalue weighted by Gasteiger charge is -2.26. The Labute approximate surface area is 247 Å². The van der Waals surface area contributed by atoms with E-state index in [0.717, 1.165) is 28.0 Å². The van der Waals surface area contributed by atoms with Gasteiger partial charge < -0.3 is 9.47 Å². The van der Waals surface area contributed by atoms with E-state index in [1.165, 1.54) is 31.4 Å². The van der Waals surface area contributed by atoms with Gasteiger partial charge in [0.2, 0.25) is 0 Å². The molecule has 4 amide bonds. The number of anilines is 1. The Morgan fingerprint density at radius 1 is 1.02 bits per heavy atom. The number of halogens is 1. The van der Waals surface area contributed by atoms with E-state index in [1.807, 2.05) is 37.3 Å². The van der Waals surface area contributed by atoms with Gasteiger partial charge in [-0.1, -0.05) is 42.5 Å². The molecule has 0 saturated carbocycles. The van der Waals surface area contributed by atoms with E-state index in [0.29, 0.717) is 32.1 Å². The van der Waals surface area contributed by atoms with Crippen LogP contribution in [0.5, 0.6) is 11.5 Å². The Hall–Kier alpha value is -4.78. The minimum absolute atomic E-state index is 0.0419. The normalized spacial score (nSPS) is 14.4. The molecule has 1 saturated heterocycles. The second-order valence-electron chi connectivity index (χ2n) is 9.14. The highest BCUT2D eigenvalue weighted by atomic mass is 127. The van der Waals surface area contributed by atoms with E-state index in [9.17, 15) is 24.5 Å². The van der Waals surface area contributed by atoms with Crippen LogP contribution in [0.15, 0.2) is 78.4 Å². The van der Waals surface area contributed by atoms with Crippen molar-refractivity contribution in [3.63, 3.8) is 0 Å². The van der Waals surface area contributed by atoms with Gasteiger partial charge in [0.25, 0.3) is 17.5 Å². The maximum Gasteiger partial charge on any atom is 0.335 e. The van der Waals surface area contributed by atoms with Gasteiger partial charge in [0.15, 0.2) is 11.5 Å². The van der Waals surface area contributed by atoms with E-state index >= 15 is 0 Å². The first-order valence-corrected chi connectivity index (χ1v) is 13.4. The van der Waals surface area contributed by atoms with Gasteiger partial charge in [0.05, 0.1) is 21.3 Å². The molecule has 0 aromatic heterocycles. The molecule has 11 heteroatoms. The number of hydrogen-bond acceptors (Lipinski definition) is 7. The van der Waals surface area contributed by atoms with Crippen molar-refractivity contribution in [2.24, 2.45) is 0 Å². The summed E-state index contributed by atoms with van der Waals surface area (Å²) in [5, 5.41) is 15.5. The smallest absolute Gasteiger partial charge is 0.335 e. The number of rotatable bonds is 7. The van der Waals surface area contributed by atoms with Crippen molar-refractivity contribution in [2.75, 3.05) is 12.0 Å². The molecule has 1 aliphatic heterocycles. The number of nitrogens with one attached hydrogen (secondary N) is 1. The molecule has 4 aromatic rings. The lowest BCUT2D eigenvalue weighted by Crippen LogP contribution is -2.54. The molecule has 0 unspecified atom stereocenters. The highest BCUT2D eigenvalue weighted by Crippen LogP contribution is 2.36. The number of fused-ring (bicyclic) bond motifs is 1. The van der Waals surface area contributed by atoms with Crippen LogP contribution in [0.25, 0.3) is 16.8 Å². The number of carbonyl (C=O) groups is 3. The van der Waals surface area contributed by atoms with Gasteiger partial charge in [-0.2, -0.15) is 0 Å². The van der Waals surface area contributed by atoms with Crippen LogP contribution < -0.4 is 19.7 Å². The van der Waals surface area contributed by atoms with Gasteiger partial charge in [-0.3, -0.25) is 25.0 Å². The molecule has 10 nitrogen and oxygen atoms in total. The Bertz CT molecular complexity index is 1780. The molecular formula is C30H22IN3O7. The molecule has 0 spiro atoms. The summed E-state index contributed by atoms with van der Waals surface area (Å²) >= 11 is 2.09. The zero-order valence-corrected chi connectivity index (χ0v) is 24.0. The zero-order chi connectivity index (χ0) is 29.3. The average Bonchev–Trinajstić information content (AvgIpc) is 2.95. The van der Waals surface area contributed by atoms with Crippen LogP contribution in [-0.2, 0) is 16.2 Å². The number of methoxy groups -OCH3 is 1. The number of hydrogen-bond donors (Lipinski definition) is 1. The standard InChI is InChI=1S/C30H22IN3O7/c1-17-10-11-19-6-3-4-9-22(19)24(17)16-41-27-25(31)13-18(14-26(27)40-2)12-23-28(35)32-30(37)33(29(23)36)20-7-5-8-21(15-20)34(38)39/h3-15H,16H2,1-2H3,(H,32,35,37)/b23-12+. The third-order valence-electron chi connectivity index (χ3n) is 6.60. The largest absolute Gasteiger partial charge is 0.493 e. The number of urea groups is 1. The number of carbonyl (C=O) groups excluding carboxylic acids is 3. The van der Waals surface area contributed by atoms with Crippen LogP contribution in [0.2, 0.25) is 0 Å². The lowest BCUT2D eigenvalue weighted by molar-refractivity contribution is -0.384. The third-order valence-corrected chi connectivity index (χ3v) is 7.40. The monoisotopic (exact) mass is 663 g/mol. The summed E-state index contributed by atoms with van der Waals surface area (Å²) in [5.41, 5.74) is 1.91.